The van der Waals surface area contributed by atoms with Crippen LogP contribution in [0.5, 0.6) is 0 Å². The smallest absolute Gasteiger partial charge is 0.311 e. The largest absolute Gasteiger partial charge is 0.364 e. The van der Waals surface area contributed by atoms with Crippen molar-refractivity contribution in [2.45, 2.75) is 19.4 Å². The first kappa shape index (κ1) is 13.0. The minimum absolute atomic E-state index is 0.0112. The van der Waals surface area contributed by atoms with Gasteiger partial charge in [0.1, 0.15) is 0 Å². The van der Waals surface area contributed by atoms with E-state index in [9.17, 15) is 10.1 Å². The fourth-order valence-corrected chi connectivity index (χ4v) is 1.73. The summed E-state index contributed by atoms with van der Waals surface area (Å²) >= 11 is 0. The molecular formula is C12H15N5O2. The highest BCUT2D eigenvalue weighted by Gasteiger charge is 2.12. The summed E-state index contributed by atoms with van der Waals surface area (Å²) in [5, 5.41) is 13.8. The number of anilines is 1. The van der Waals surface area contributed by atoms with E-state index in [1.165, 1.54) is 6.07 Å². The van der Waals surface area contributed by atoms with E-state index in [1.807, 2.05) is 10.8 Å². The molecule has 2 aromatic heterocycles. The van der Waals surface area contributed by atoms with E-state index in [1.54, 1.807) is 24.8 Å². The van der Waals surface area contributed by atoms with Crippen LogP contribution in [0.2, 0.25) is 0 Å². The lowest BCUT2D eigenvalue weighted by atomic mass is 10.3. The van der Waals surface area contributed by atoms with Crippen molar-refractivity contribution in [2.75, 3.05) is 11.9 Å². The molecule has 0 aliphatic carbocycles. The predicted molar refractivity (Wildman–Crippen MR) is 70.8 cm³/mol. The number of hydrogen-bond donors (Lipinski definition) is 1. The van der Waals surface area contributed by atoms with E-state index in [4.69, 9.17) is 0 Å². The molecule has 7 nitrogen and oxygen atoms in total. The molecule has 0 saturated heterocycles. The highest BCUT2D eigenvalue weighted by Crippen LogP contribution is 2.19. The molecule has 2 aromatic rings. The number of nitrogens with zero attached hydrogens (tertiary/aromatic N) is 4. The monoisotopic (exact) mass is 261 g/mol. The number of rotatable bonds is 7. The normalized spacial score (nSPS) is 10.3. The van der Waals surface area contributed by atoms with Crippen LogP contribution < -0.4 is 5.32 Å². The Morgan fingerprint density at radius 3 is 3.00 bits per heavy atom. The van der Waals surface area contributed by atoms with Crippen molar-refractivity contribution < 1.29 is 4.92 Å². The van der Waals surface area contributed by atoms with Gasteiger partial charge in [-0.3, -0.25) is 10.1 Å². The van der Waals surface area contributed by atoms with Gasteiger partial charge in [0.2, 0.25) is 5.82 Å². The first-order valence-electron chi connectivity index (χ1n) is 6.06. The maximum absolute atomic E-state index is 10.8. The SMILES string of the molecule is O=[N+]([O-])c1cccnc1NCCCCn1ccnc1. The topological polar surface area (TPSA) is 85.9 Å². The van der Waals surface area contributed by atoms with Gasteiger partial charge in [-0.1, -0.05) is 0 Å². The van der Waals surface area contributed by atoms with Crippen molar-refractivity contribution in [1.82, 2.24) is 14.5 Å². The van der Waals surface area contributed by atoms with E-state index in [0.717, 1.165) is 19.4 Å². The van der Waals surface area contributed by atoms with E-state index in [-0.39, 0.29) is 5.69 Å². The van der Waals surface area contributed by atoms with E-state index in [0.29, 0.717) is 12.4 Å². The Balaban J connectivity index is 1.75. The summed E-state index contributed by atoms with van der Waals surface area (Å²) in [6.45, 7) is 1.55. The number of nitro groups is 1. The van der Waals surface area contributed by atoms with Crippen LogP contribution in [-0.2, 0) is 6.54 Å². The van der Waals surface area contributed by atoms with Gasteiger partial charge in [-0.2, -0.15) is 0 Å². The van der Waals surface area contributed by atoms with Crippen molar-refractivity contribution in [2.24, 2.45) is 0 Å². The maximum Gasteiger partial charge on any atom is 0.311 e. The third kappa shape index (κ3) is 3.77. The number of aryl methyl sites for hydroxylation is 1. The Hall–Kier alpha value is -2.44. The summed E-state index contributed by atoms with van der Waals surface area (Å²) in [6, 6.07) is 3.00. The average molecular weight is 261 g/mol. The van der Waals surface area contributed by atoms with Gasteiger partial charge in [-0.25, -0.2) is 9.97 Å². The number of unbranched alkanes of at least 4 members (excludes halogenated alkanes) is 1. The second-order valence-electron chi connectivity index (χ2n) is 4.06. The lowest BCUT2D eigenvalue weighted by molar-refractivity contribution is -0.384. The molecule has 2 heterocycles. The summed E-state index contributed by atoms with van der Waals surface area (Å²) in [4.78, 5) is 18.3. The van der Waals surface area contributed by atoms with Gasteiger partial charge in [-0.05, 0) is 18.9 Å². The van der Waals surface area contributed by atoms with Crippen molar-refractivity contribution in [3.63, 3.8) is 0 Å². The fraction of sp³-hybridized carbons (Fsp3) is 0.333. The molecule has 1 N–H and O–H groups in total. The molecule has 2 rings (SSSR count). The minimum atomic E-state index is -0.430. The number of hydrogen-bond acceptors (Lipinski definition) is 5. The van der Waals surface area contributed by atoms with Crippen LogP contribution in [0.1, 0.15) is 12.8 Å². The van der Waals surface area contributed by atoms with Crippen LogP contribution in [0.4, 0.5) is 11.5 Å². The van der Waals surface area contributed by atoms with E-state index < -0.39 is 4.92 Å². The summed E-state index contributed by atoms with van der Waals surface area (Å²) in [6.07, 6.45) is 8.86. The van der Waals surface area contributed by atoms with Gasteiger partial charge in [0.05, 0.1) is 11.3 Å². The number of aromatic nitrogens is 3. The van der Waals surface area contributed by atoms with Gasteiger partial charge in [0.25, 0.3) is 0 Å². The molecular weight excluding hydrogens is 246 g/mol. The predicted octanol–water partition coefficient (Wildman–Crippen LogP) is 2.08. The molecule has 0 amide bonds. The molecule has 0 fully saturated rings. The minimum Gasteiger partial charge on any atom is -0.364 e. The molecule has 19 heavy (non-hydrogen) atoms. The van der Waals surface area contributed by atoms with Crippen LogP contribution in [-0.4, -0.2) is 26.0 Å². The van der Waals surface area contributed by atoms with Crippen molar-refractivity contribution in [3.8, 4) is 0 Å². The molecule has 0 atom stereocenters. The third-order valence-corrected chi connectivity index (χ3v) is 2.68. The quantitative estimate of drug-likeness (QED) is 0.468. The van der Waals surface area contributed by atoms with Crippen LogP contribution in [0.3, 0.4) is 0 Å². The zero-order valence-electron chi connectivity index (χ0n) is 10.4. The standard InChI is InChI=1S/C12H15N5O2/c18-17(19)11-4-3-6-15-12(11)14-5-1-2-8-16-9-7-13-10-16/h3-4,6-7,9-10H,1-2,5,8H2,(H,14,15). The zero-order chi connectivity index (χ0) is 13.5. The molecule has 0 unspecified atom stereocenters. The summed E-state index contributed by atoms with van der Waals surface area (Å²) in [7, 11) is 0. The Morgan fingerprint density at radius 1 is 1.37 bits per heavy atom. The van der Waals surface area contributed by atoms with Crippen molar-refractivity contribution >= 4 is 11.5 Å². The number of imidazole rings is 1. The lowest BCUT2D eigenvalue weighted by Crippen LogP contribution is -2.07. The Kier molecular flexibility index (Phi) is 4.44. The second-order valence-corrected chi connectivity index (χ2v) is 4.06. The number of nitrogens with one attached hydrogen (secondary N) is 1. The van der Waals surface area contributed by atoms with Crippen molar-refractivity contribution in [3.05, 3.63) is 47.2 Å². The highest BCUT2D eigenvalue weighted by atomic mass is 16.6. The van der Waals surface area contributed by atoms with Crippen LogP contribution in [0.15, 0.2) is 37.1 Å². The summed E-state index contributed by atoms with van der Waals surface area (Å²) in [5.74, 6) is 0.329. The molecule has 0 aliphatic rings. The van der Waals surface area contributed by atoms with Crippen LogP contribution in [0, 0.1) is 10.1 Å². The summed E-state index contributed by atoms with van der Waals surface area (Å²) in [5.41, 5.74) is 0.0112. The van der Waals surface area contributed by atoms with Gasteiger partial charge in [-0.15, -0.1) is 0 Å². The average Bonchev–Trinajstić information content (AvgIpc) is 2.92. The molecule has 0 aromatic carbocycles. The second kappa shape index (κ2) is 6.48. The molecule has 0 saturated carbocycles. The molecule has 7 heteroatoms. The zero-order valence-corrected chi connectivity index (χ0v) is 10.4. The first-order chi connectivity index (χ1) is 9.27. The molecule has 0 aliphatic heterocycles. The molecule has 0 bridgehead atoms. The van der Waals surface area contributed by atoms with Crippen LogP contribution >= 0.6 is 0 Å². The Bertz CT molecular complexity index is 527. The van der Waals surface area contributed by atoms with Gasteiger partial charge >= 0.3 is 5.69 Å². The van der Waals surface area contributed by atoms with Crippen LogP contribution in [0.25, 0.3) is 0 Å². The van der Waals surface area contributed by atoms with E-state index >= 15 is 0 Å². The molecule has 0 spiro atoms. The van der Waals surface area contributed by atoms with Gasteiger partial charge < -0.3 is 9.88 Å². The van der Waals surface area contributed by atoms with Gasteiger partial charge in [0, 0.05) is 37.7 Å². The Labute approximate surface area is 110 Å². The molecule has 100 valence electrons. The maximum atomic E-state index is 10.8. The highest BCUT2D eigenvalue weighted by molar-refractivity contribution is 5.54. The summed E-state index contributed by atoms with van der Waals surface area (Å²) < 4.78 is 2.00. The lowest BCUT2D eigenvalue weighted by Gasteiger charge is -2.06. The molecule has 0 radical (unpaired) electrons. The fourth-order valence-electron chi connectivity index (χ4n) is 1.73. The van der Waals surface area contributed by atoms with Crippen molar-refractivity contribution in [1.29, 1.82) is 0 Å². The van der Waals surface area contributed by atoms with Gasteiger partial charge in [0.15, 0.2) is 0 Å². The Morgan fingerprint density at radius 2 is 2.26 bits per heavy atom. The van der Waals surface area contributed by atoms with E-state index in [2.05, 4.69) is 15.3 Å². The first-order valence-corrected chi connectivity index (χ1v) is 6.06. The third-order valence-electron chi connectivity index (χ3n) is 2.68. The number of pyridine rings is 1.